The quantitative estimate of drug-likeness (QED) is 0.528. The van der Waals surface area contributed by atoms with Crippen LogP contribution in [0.15, 0.2) is 23.4 Å². The van der Waals surface area contributed by atoms with Crippen LogP contribution in [0.5, 0.6) is 11.6 Å². The predicted octanol–water partition coefficient (Wildman–Crippen LogP) is 5.52. The number of benzene rings is 1. The van der Waals surface area contributed by atoms with Gasteiger partial charge in [0.25, 0.3) is 0 Å². The summed E-state index contributed by atoms with van der Waals surface area (Å²) < 4.78 is 6.15. The standard InChI is InChI=1S/C19H23ClN2O2/c1-7-17(22-23-6)16-10-13(4)21-19(14(16)5)24-18-11(2)8-15(20)9-12(18)3/h8-10H,7H2,1-6H3. The van der Waals surface area contributed by atoms with Crippen LogP contribution < -0.4 is 4.74 Å². The zero-order chi connectivity index (χ0) is 17.9. The van der Waals surface area contributed by atoms with Crippen LogP contribution in [0, 0.1) is 27.7 Å². The molecule has 0 aliphatic rings. The Hall–Kier alpha value is -2.07. The van der Waals surface area contributed by atoms with E-state index in [-0.39, 0.29) is 0 Å². The molecule has 5 heteroatoms. The van der Waals surface area contributed by atoms with Gasteiger partial charge >= 0.3 is 0 Å². The highest BCUT2D eigenvalue weighted by Gasteiger charge is 2.16. The summed E-state index contributed by atoms with van der Waals surface area (Å²) in [4.78, 5) is 9.52. The first kappa shape index (κ1) is 18.3. The van der Waals surface area contributed by atoms with Crippen LogP contribution >= 0.6 is 11.6 Å². The predicted molar refractivity (Wildman–Crippen MR) is 98.5 cm³/mol. The highest BCUT2D eigenvalue weighted by molar-refractivity contribution is 6.30. The first-order valence-corrected chi connectivity index (χ1v) is 8.28. The van der Waals surface area contributed by atoms with E-state index in [1.54, 1.807) is 7.11 Å². The van der Waals surface area contributed by atoms with Crippen LogP contribution in [0.3, 0.4) is 0 Å². The number of aromatic nitrogens is 1. The van der Waals surface area contributed by atoms with E-state index < -0.39 is 0 Å². The smallest absolute Gasteiger partial charge is 0.223 e. The fourth-order valence-corrected chi connectivity index (χ4v) is 3.00. The normalized spacial score (nSPS) is 11.5. The summed E-state index contributed by atoms with van der Waals surface area (Å²) in [6.07, 6.45) is 0.760. The number of hydrogen-bond donors (Lipinski definition) is 0. The Bertz CT molecular complexity index is 762. The van der Waals surface area contributed by atoms with E-state index in [4.69, 9.17) is 21.2 Å². The lowest BCUT2D eigenvalue weighted by Crippen LogP contribution is -2.07. The van der Waals surface area contributed by atoms with E-state index in [9.17, 15) is 0 Å². The Labute approximate surface area is 148 Å². The molecular formula is C19H23ClN2O2. The van der Waals surface area contributed by atoms with Crippen molar-refractivity contribution in [1.29, 1.82) is 0 Å². The third kappa shape index (κ3) is 3.88. The molecule has 1 heterocycles. The highest BCUT2D eigenvalue weighted by Crippen LogP contribution is 2.33. The van der Waals surface area contributed by atoms with Crippen LogP contribution in [-0.4, -0.2) is 17.8 Å². The van der Waals surface area contributed by atoms with Gasteiger partial charge in [0.1, 0.15) is 12.9 Å². The minimum Gasteiger partial charge on any atom is -0.438 e. The average Bonchev–Trinajstić information content (AvgIpc) is 2.51. The molecule has 1 aromatic heterocycles. The van der Waals surface area contributed by atoms with Gasteiger partial charge in [-0.2, -0.15) is 0 Å². The number of halogens is 1. The maximum absolute atomic E-state index is 6.15. The zero-order valence-corrected chi connectivity index (χ0v) is 15.8. The minimum atomic E-state index is 0.579. The Kier molecular flexibility index (Phi) is 5.84. The molecule has 4 nitrogen and oxygen atoms in total. The maximum Gasteiger partial charge on any atom is 0.223 e. The van der Waals surface area contributed by atoms with Crippen molar-refractivity contribution in [3.8, 4) is 11.6 Å². The molecule has 0 amide bonds. The van der Waals surface area contributed by atoms with Gasteiger partial charge in [-0.1, -0.05) is 23.7 Å². The van der Waals surface area contributed by atoms with Gasteiger partial charge in [-0.05, 0) is 63.4 Å². The molecule has 0 N–H and O–H groups in total. The summed E-state index contributed by atoms with van der Waals surface area (Å²) >= 11 is 6.10. The van der Waals surface area contributed by atoms with Gasteiger partial charge in [-0.25, -0.2) is 4.98 Å². The molecule has 0 atom stereocenters. The number of rotatable bonds is 5. The zero-order valence-electron chi connectivity index (χ0n) is 15.0. The summed E-state index contributed by atoms with van der Waals surface area (Å²) in [6.45, 7) is 9.92. The molecule has 0 aliphatic heterocycles. The second-order valence-electron chi connectivity index (χ2n) is 5.79. The number of aryl methyl sites for hydroxylation is 3. The molecule has 0 radical (unpaired) electrons. The van der Waals surface area contributed by atoms with Gasteiger partial charge in [0.15, 0.2) is 0 Å². The summed E-state index contributed by atoms with van der Waals surface area (Å²) in [6, 6.07) is 5.78. The molecule has 2 aromatic rings. The Morgan fingerprint density at radius 2 is 1.75 bits per heavy atom. The molecule has 0 spiro atoms. The van der Waals surface area contributed by atoms with Crippen molar-refractivity contribution in [2.45, 2.75) is 41.0 Å². The van der Waals surface area contributed by atoms with E-state index in [1.165, 1.54) is 0 Å². The van der Waals surface area contributed by atoms with Gasteiger partial charge < -0.3 is 9.57 Å². The number of ether oxygens (including phenoxy) is 1. The van der Waals surface area contributed by atoms with Crippen molar-refractivity contribution in [3.05, 3.63) is 51.2 Å². The lowest BCUT2D eigenvalue weighted by Gasteiger charge is -2.16. The second kappa shape index (κ2) is 7.67. The van der Waals surface area contributed by atoms with Crippen LogP contribution in [0.25, 0.3) is 0 Å². The van der Waals surface area contributed by atoms with Gasteiger partial charge in [0.05, 0.1) is 5.71 Å². The van der Waals surface area contributed by atoms with E-state index in [0.717, 1.165) is 45.8 Å². The first-order valence-electron chi connectivity index (χ1n) is 7.90. The fourth-order valence-electron chi connectivity index (χ4n) is 2.68. The van der Waals surface area contributed by atoms with Gasteiger partial charge in [-0.3, -0.25) is 0 Å². The van der Waals surface area contributed by atoms with E-state index in [0.29, 0.717) is 10.9 Å². The highest BCUT2D eigenvalue weighted by atomic mass is 35.5. The van der Waals surface area contributed by atoms with Gasteiger partial charge in [0.2, 0.25) is 5.88 Å². The summed E-state index contributed by atoms with van der Waals surface area (Å²) in [5, 5.41) is 4.83. The van der Waals surface area contributed by atoms with Crippen molar-refractivity contribution < 1.29 is 9.57 Å². The molecule has 0 bridgehead atoms. The van der Waals surface area contributed by atoms with Crippen LogP contribution in [0.4, 0.5) is 0 Å². The summed E-state index contributed by atoms with van der Waals surface area (Å²) in [5.41, 5.74) is 5.62. The number of nitrogens with zero attached hydrogens (tertiary/aromatic N) is 2. The largest absolute Gasteiger partial charge is 0.438 e. The molecule has 2 rings (SSSR count). The van der Waals surface area contributed by atoms with Gasteiger partial charge in [-0.15, -0.1) is 0 Å². The van der Waals surface area contributed by atoms with Crippen LogP contribution in [-0.2, 0) is 4.84 Å². The molecule has 1 aromatic carbocycles. The molecule has 0 aliphatic carbocycles. The molecular weight excluding hydrogens is 324 g/mol. The molecule has 0 fully saturated rings. The van der Waals surface area contributed by atoms with E-state index in [1.807, 2.05) is 52.8 Å². The third-order valence-electron chi connectivity index (χ3n) is 3.83. The summed E-state index contributed by atoms with van der Waals surface area (Å²) in [5.74, 6) is 1.36. The topological polar surface area (TPSA) is 43.7 Å². The Morgan fingerprint density at radius 1 is 1.12 bits per heavy atom. The van der Waals surface area contributed by atoms with Crippen molar-refractivity contribution in [1.82, 2.24) is 4.98 Å². The number of hydrogen-bond acceptors (Lipinski definition) is 4. The molecule has 0 saturated heterocycles. The first-order chi connectivity index (χ1) is 11.4. The lowest BCUT2D eigenvalue weighted by atomic mass is 10.0. The molecule has 0 unspecified atom stereocenters. The molecule has 24 heavy (non-hydrogen) atoms. The van der Waals surface area contributed by atoms with E-state index >= 15 is 0 Å². The summed E-state index contributed by atoms with van der Waals surface area (Å²) in [7, 11) is 1.55. The maximum atomic E-state index is 6.15. The van der Waals surface area contributed by atoms with Crippen molar-refractivity contribution in [2.75, 3.05) is 7.11 Å². The van der Waals surface area contributed by atoms with Crippen LogP contribution in [0.1, 0.15) is 41.3 Å². The van der Waals surface area contributed by atoms with Gasteiger partial charge in [0, 0.05) is 21.8 Å². The Morgan fingerprint density at radius 3 is 2.29 bits per heavy atom. The van der Waals surface area contributed by atoms with Crippen molar-refractivity contribution in [3.63, 3.8) is 0 Å². The monoisotopic (exact) mass is 346 g/mol. The Balaban J connectivity index is 2.53. The van der Waals surface area contributed by atoms with E-state index in [2.05, 4.69) is 10.1 Å². The average molecular weight is 347 g/mol. The minimum absolute atomic E-state index is 0.579. The van der Waals surface area contributed by atoms with Crippen LogP contribution in [0.2, 0.25) is 5.02 Å². The SMILES string of the molecule is CCC(=NOC)c1cc(C)nc(Oc2c(C)cc(Cl)cc2C)c1C. The number of pyridine rings is 1. The van der Waals surface area contributed by atoms with Crippen molar-refractivity contribution in [2.24, 2.45) is 5.16 Å². The lowest BCUT2D eigenvalue weighted by molar-refractivity contribution is 0.213. The van der Waals surface area contributed by atoms with Crippen molar-refractivity contribution >= 4 is 17.3 Å². The third-order valence-corrected chi connectivity index (χ3v) is 4.05. The molecule has 128 valence electrons. The fraction of sp³-hybridized carbons (Fsp3) is 0.368. The second-order valence-corrected chi connectivity index (χ2v) is 6.22. The number of oxime groups is 1. The molecule has 0 saturated carbocycles.